The Hall–Kier alpha value is -0.120. The summed E-state index contributed by atoms with van der Waals surface area (Å²) in [6.45, 7) is 3.39. The van der Waals surface area contributed by atoms with E-state index < -0.39 is 0 Å². The van der Waals surface area contributed by atoms with Crippen molar-refractivity contribution in [2.24, 2.45) is 5.92 Å². The lowest BCUT2D eigenvalue weighted by atomic mass is 10.1. The third-order valence-electron chi connectivity index (χ3n) is 2.90. The fourth-order valence-electron chi connectivity index (χ4n) is 2.04. The molecule has 2 unspecified atom stereocenters. The first-order valence-electron chi connectivity index (χ1n) is 5.30. The van der Waals surface area contributed by atoms with Crippen molar-refractivity contribution in [3.8, 4) is 0 Å². The Labute approximate surface area is 79.5 Å². The predicted molar refractivity (Wildman–Crippen MR) is 50.6 cm³/mol. The summed E-state index contributed by atoms with van der Waals surface area (Å²) in [6.07, 6.45) is 3.95. The summed E-state index contributed by atoms with van der Waals surface area (Å²) in [5.41, 5.74) is 0. The lowest BCUT2D eigenvalue weighted by molar-refractivity contribution is 0.0779. The Morgan fingerprint density at radius 1 is 1.46 bits per heavy atom. The first-order valence-corrected chi connectivity index (χ1v) is 5.30. The lowest BCUT2D eigenvalue weighted by Gasteiger charge is -2.20. The first kappa shape index (κ1) is 9.44. The van der Waals surface area contributed by atoms with Crippen molar-refractivity contribution in [1.29, 1.82) is 0 Å². The van der Waals surface area contributed by atoms with Gasteiger partial charge in [0.25, 0.3) is 0 Å². The van der Waals surface area contributed by atoms with Crippen molar-refractivity contribution in [2.45, 2.75) is 44.4 Å². The summed E-state index contributed by atoms with van der Waals surface area (Å²) in [4.78, 5) is 0. The molecule has 3 heteroatoms. The second kappa shape index (κ2) is 3.95. The van der Waals surface area contributed by atoms with Crippen LogP contribution in [0.5, 0.6) is 0 Å². The summed E-state index contributed by atoms with van der Waals surface area (Å²) < 4.78 is 5.68. The summed E-state index contributed by atoms with van der Waals surface area (Å²) >= 11 is 0. The molecular weight excluding hydrogens is 166 g/mol. The molecule has 1 aliphatic carbocycles. The molecule has 76 valence electrons. The fraction of sp³-hybridized carbons (Fsp3) is 1.00. The molecule has 2 aliphatic rings. The zero-order valence-electron chi connectivity index (χ0n) is 8.20. The van der Waals surface area contributed by atoms with E-state index in [9.17, 15) is 0 Å². The molecular formula is C10H19NO2. The molecule has 0 amide bonds. The van der Waals surface area contributed by atoms with E-state index in [4.69, 9.17) is 9.84 Å². The largest absolute Gasteiger partial charge is 0.392 e. The van der Waals surface area contributed by atoms with Gasteiger partial charge in [0.05, 0.1) is 12.2 Å². The van der Waals surface area contributed by atoms with Gasteiger partial charge >= 0.3 is 0 Å². The normalized spacial score (nSPS) is 36.5. The number of ether oxygens (including phenoxy) is 1. The number of aliphatic hydroxyl groups is 1. The van der Waals surface area contributed by atoms with Gasteiger partial charge in [-0.25, -0.2) is 0 Å². The maximum absolute atomic E-state index is 9.15. The molecule has 0 spiro atoms. The van der Waals surface area contributed by atoms with Crippen LogP contribution in [0.3, 0.4) is 0 Å². The number of nitrogens with one attached hydrogen (secondary N) is 1. The molecule has 0 bridgehead atoms. The number of hydrogen-bond acceptors (Lipinski definition) is 3. The summed E-state index contributed by atoms with van der Waals surface area (Å²) in [5, 5.41) is 12.5. The van der Waals surface area contributed by atoms with Gasteiger partial charge in [-0.1, -0.05) is 0 Å². The Morgan fingerprint density at radius 3 is 2.85 bits per heavy atom. The zero-order chi connectivity index (χ0) is 9.26. The van der Waals surface area contributed by atoms with Crippen molar-refractivity contribution < 1.29 is 9.84 Å². The molecule has 0 aromatic carbocycles. The van der Waals surface area contributed by atoms with Crippen LogP contribution in [-0.4, -0.2) is 36.5 Å². The van der Waals surface area contributed by atoms with E-state index in [1.54, 1.807) is 0 Å². The Morgan fingerprint density at radius 2 is 2.23 bits per heavy atom. The average Bonchev–Trinajstić information content (AvgIpc) is 2.82. The van der Waals surface area contributed by atoms with E-state index in [1.807, 2.05) is 6.92 Å². The lowest BCUT2D eigenvalue weighted by Crippen LogP contribution is -2.40. The third-order valence-corrected chi connectivity index (χ3v) is 2.90. The zero-order valence-corrected chi connectivity index (χ0v) is 8.20. The van der Waals surface area contributed by atoms with Gasteiger partial charge in [0.2, 0.25) is 0 Å². The molecule has 3 nitrogen and oxygen atoms in total. The quantitative estimate of drug-likeness (QED) is 0.671. The second-order valence-electron chi connectivity index (χ2n) is 4.33. The average molecular weight is 185 g/mol. The van der Waals surface area contributed by atoms with Crippen molar-refractivity contribution in [3.63, 3.8) is 0 Å². The van der Waals surface area contributed by atoms with Gasteiger partial charge in [-0.3, -0.25) is 0 Å². The molecule has 1 heterocycles. The minimum Gasteiger partial charge on any atom is -0.392 e. The van der Waals surface area contributed by atoms with Gasteiger partial charge < -0.3 is 15.2 Å². The molecule has 1 saturated heterocycles. The summed E-state index contributed by atoms with van der Waals surface area (Å²) in [5.74, 6) is 0.800. The van der Waals surface area contributed by atoms with Gasteiger partial charge in [-0.05, 0) is 32.1 Å². The Bertz CT molecular complexity index is 168. The van der Waals surface area contributed by atoms with Crippen LogP contribution in [0.15, 0.2) is 0 Å². The molecule has 1 saturated carbocycles. The maximum Gasteiger partial charge on any atom is 0.0756 e. The number of rotatable bonds is 4. The van der Waals surface area contributed by atoms with E-state index in [2.05, 4.69) is 5.32 Å². The van der Waals surface area contributed by atoms with E-state index in [1.165, 1.54) is 12.8 Å². The van der Waals surface area contributed by atoms with Crippen molar-refractivity contribution in [3.05, 3.63) is 0 Å². The van der Waals surface area contributed by atoms with Gasteiger partial charge in [0.1, 0.15) is 0 Å². The van der Waals surface area contributed by atoms with Crippen LogP contribution in [-0.2, 0) is 4.74 Å². The van der Waals surface area contributed by atoms with Crippen molar-refractivity contribution >= 4 is 0 Å². The van der Waals surface area contributed by atoms with E-state index in [-0.39, 0.29) is 6.10 Å². The van der Waals surface area contributed by atoms with Crippen molar-refractivity contribution in [1.82, 2.24) is 5.32 Å². The van der Waals surface area contributed by atoms with Gasteiger partial charge in [-0.2, -0.15) is 0 Å². The van der Waals surface area contributed by atoms with Crippen LogP contribution < -0.4 is 5.32 Å². The maximum atomic E-state index is 9.15. The molecule has 0 radical (unpaired) electrons. The highest BCUT2D eigenvalue weighted by atomic mass is 16.5. The molecule has 13 heavy (non-hydrogen) atoms. The van der Waals surface area contributed by atoms with Crippen LogP contribution in [0.4, 0.5) is 0 Å². The van der Waals surface area contributed by atoms with E-state index in [0.717, 1.165) is 18.9 Å². The topological polar surface area (TPSA) is 41.5 Å². The smallest absolute Gasteiger partial charge is 0.0756 e. The molecule has 1 aliphatic heterocycles. The predicted octanol–water partition coefficient (Wildman–Crippen LogP) is 0.524. The SMILES string of the molecule is C[C@H](O)CNC1CCOC1C1CC1. The standard InChI is InChI=1S/C10H19NO2/c1-7(12)6-11-9-4-5-13-10(9)8-2-3-8/h7-12H,2-6H2,1H3/t7-,9?,10?/m0/s1. The van der Waals surface area contributed by atoms with Gasteiger partial charge in [0, 0.05) is 19.2 Å². The highest BCUT2D eigenvalue weighted by Gasteiger charge is 2.40. The van der Waals surface area contributed by atoms with Crippen molar-refractivity contribution in [2.75, 3.05) is 13.2 Å². The van der Waals surface area contributed by atoms with Crippen LogP contribution in [0.25, 0.3) is 0 Å². The van der Waals surface area contributed by atoms with Crippen LogP contribution in [0.2, 0.25) is 0 Å². The minimum atomic E-state index is -0.250. The minimum absolute atomic E-state index is 0.250. The third kappa shape index (κ3) is 2.42. The van der Waals surface area contributed by atoms with E-state index in [0.29, 0.717) is 18.7 Å². The Balaban J connectivity index is 1.76. The number of aliphatic hydroxyl groups excluding tert-OH is 1. The van der Waals surface area contributed by atoms with Crippen LogP contribution >= 0.6 is 0 Å². The van der Waals surface area contributed by atoms with Crippen LogP contribution in [0.1, 0.15) is 26.2 Å². The first-order chi connectivity index (χ1) is 6.27. The summed E-state index contributed by atoms with van der Waals surface area (Å²) in [7, 11) is 0. The number of hydrogen-bond donors (Lipinski definition) is 2. The summed E-state index contributed by atoms with van der Waals surface area (Å²) in [6, 6.07) is 0.488. The molecule has 0 aromatic heterocycles. The van der Waals surface area contributed by atoms with E-state index >= 15 is 0 Å². The highest BCUT2D eigenvalue weighted by molar-refractivity contribution is 4.93. The molecule has 0 aromatic rings. The fourth-order valence-corrected chi connectivity index (χ4v) is 2.04. The monoisotopic (exact) mass is 185 g/mol. The molecule has 2 fully saturated rings. The Kier molecular flexibility index (Phi) is 2.86. The van der Waals surface area contributed by atoms with Gasteiger partial charge in [0.15, 0.2) is 0 Å². The second-order valence-corrected chi connectivity index (χ2v) is 4.33. The molecule has 2 N–H and O–H groups in total. The van der Waals surface area contributed by atoms with Gasteiger partial charge in [-0.15, -0.1) is 0 Å². The molecule has 2 rings (SSSR count). The van der Waals surface area contributed by atoms with Crippen LogP contribution in [0, 0.1) is 5.92 Å². The highest BCUT2D eigenvalue weighted by Crippen LogP contribution is 2.38. The molecule has 3 atom stereocenters.